The van der Waals surface area contributed by atoms with Crippen LogP contribution in [-0.2, 0) is 0 Å². The van der Waals surface area contributed by atoms with Gasteiger partial charge in [-0.1, -0.05) is 6.42 Å². The van der Waals surface area contributed by atoms with Crippen LogP contribution in [-0.4, -0.2) is 19.2 Å². The zero-order valence-corrected chi connectivity index (χ0v) is 12.7. The Labute approximate surface area is 126 Å². The summed E-state index contributed by atoms with van der Waals surface area (Å²) < 4.78 is 19.2. The number of rotatable bonds is 10. The minimum atomic E-state index is -0.308. The molecule has 1 aromatic rings. The zero-order valence-electron chi connectivity index (χ0n) is 12.7. The fourth-order valence-electron chi connectivity index (χ4n) is 2.06. The summed E-state index contributed by atoms with van der Waals surface area (Å²) in [7, 11) is 0. The van der Waals surface area contributed by atoms with Crippen molar-refractivity contribution >= 4 is 5.69 Å². The second-order valence-corrected chi connectivity index (χ2v) is 5.85. The number of hydrazine groups is 1. The van der Waals surface area contributed by atoms with E-state index in [2.05, 4.69) is 17.8 Å². The summed E-state index contributed by atoms with van der Waals surface area (Å²) >= 11 is 0. The van der Waals surface area contributed by atoms with Crippen molar-refractivity contribution in [3.8, 4) is 5.75 Å². The highest BCUT2D eigenvalue weighted by atomic mass is 19.1. The largest absolute Gasteiger partial charge is 0.490 e. The number of halogens is 1. The first-order valence-electron chi connectivity index (χ1n) is 7.83. The molecular formula is C16H26FN3O. The van der Waals surface area contributed by atoms with Gasteiger partial charge in [-0.25, -0.2) is 9.82 Å². The van der Waals surface area contributed by atoms with Crippen LogP contribution in [0.1, 0.15) is 39.0 Å². The predicted molar refractivity (Wildman–Crippen MR) is 83.7 cm³/mol. The van der Waals surface area contributed by atoms with Gasteiger partial charge < -0.3 is 15.9 Å². The smallest absolute Gasteiger partial charge is 0.165 e. The Morgan fingerprint density at radius 2 is 2.19 bits per heavy atom. The minimum absolute atomic E-state index is 0.308. The number of unbranched alkanes of at least 4 members (excludes halogenated alkanes) is 1. The molecule has 0 saturated heterocycles. The molecule has 0 radical (unpaired) electrons. The molecule has 4 N–H and O–H groups in total. The van der Waals surface area contributed by atoms with Gasteiger partial charge in [0.15, 0.2) is 11.6 Å². The van der Waals surface area contributed by atoms with Crippen LogP contribution in [0.4, 0.5) is 10.1 Å². The average Bonchev–Trinajstić information content (AvgIpc) is 3.29. The number of nitrogens with two attached hydrogens (primary N) is 1. The number of benzene rings is 1. The highest BCUT2D eigenvalue weighted by Gasteiger charge is 2.22. The third-order valence-corrected chi connectivity index (χ3v) is 3.66. The Hall–Kier alpha value is -1.33. The van der Waals surface area contributed by atoms with Gasteiger partial charge in [0.05, 0.1) is 12.3 Å². The molecule has 0 aromatic heterocycles. The van der Waals surface area contributed by atoms with Crippen molar-refractivity contribution in [3.05, 3.63) is 24.0 Å². The summed E-state index contributed by atoms with van der Waals surface area (Å²) in [5, 5.41) is 0. The van der Waals surface area contributed by atoms with E-state index in [0.717, 1.165) is 31.5 Å². The van der Waals surface area contributed by atoms with Crippen LogP contribution in [0.5, 0.6) is 5.75 Å². The molecule has 4 nitrogen and oxygen atoms in total. The van der Waals surface area contributed by atoms with E-state index >= 15 is 0 Å². The third-order valence-electron chi connectivity index (χ3n) is 3.66. The van der Waals surface area contributed by atoms with Crippen LogP contribution < -0.4 is 21.3 Å². The summed E-state index contributed by atoms with van der Waals surface area (Å²) in [5.74, 6) is 0.628. The quantitative estimate of drug-likeness (QED) is 0.459. The van der Waals surface area contributed by atoms with E-state index in [0.29, 0.717) is 24.3 Å². The summed E-state index contributed by atoms with van der Waals surface area (Å²) in [4.78, 5) is 0. The molecular weight excluding hydrogens is 269 g/mol. The molecule has 1 fully saturated rings. The first-order chi connectivity index (χ1) is 10.2. The van der Waals surface area contributed by atoms with Gasteiger partial charge in [0.25, 0.3) is 0 Å². The highest BCUT2D eigenvalue weighted by Crippen LogP contribution is 2.30. The summed E-state index contributed by atoms with van der Waals surface area (Å²) in [6.45, 7) is 3.46. The maximum Gasteiger partial charge on any atom is 0.165 e. The lowest BCUT2D eigenvalue weighted by molar-refractivity contribution is 0.285. The lowest BCUT2D eigenvalue weighted by atomic mass is 10.1. The Morgan fingerprint density at radius 1 is 1.38 bits per heavy atom. The minimum Gasteiger partial charge on any atom is -0.490 e. The molecule has 0 bridgehead atoms. The average molecular weight is 295 g/mol. The van der Waals surface area contributed by atoms with Gasteiger partial charge in [-0.3, -0.25) is 0 Å². The number of hydrogen-bond acceptors (Lipinski definition) is 4. The van der Waals surface area contributed by atoms with Crippen molar-refractivity contribution in [2.75, 3.05) is 18.6 Å². The molecule has 1 unspecified atom stereocenters. The van der Waals surface area contributed by atoms with Crippen LogP contribution >= 0.6 is 0 Å². The van der Waals surface area contributed by atoms with Gasteiger partial charge in [0, 0.05) is 12.1 Å². The Kier molecular flexibility index (Phi) is 6.26. The van der Waals surface area contributed by atoms with E-state index in [-0.39, 0.29) is 5.82 Å². The molecule has 1 aliphatic rings. The first kappa shape index (κ1) is 16.0. The maximum absolute atomic E-state index is 13.7. The van der Waals surface area contributed by atoms with Gasteiger partial charge in [-0.2, -0.15) is 0 Å². The maximum atomic E-state index is 13.7. The number of anilines is 1. The molecule has 1 saturated carbocycles. The van der Waals surface area contributed by atoms with Crippen molar-refractivity contribution in [2.24, 2.45) is 11.7 Å². The van der Waals surface area contributed by atoms with Crippen molar-refractivity contribution in [3.63, 3.8) is 0 Å². The molecule has 118 valence electrons. The van der Waals surface area contributed by atoms with Crippen LogP contribution in [0.3, 0.4) is 0 Å². The lowest BCUT2D eigenvalue weighted by Gasteiger charge is -2.16. The van der Waals surface area contributed by atoms with Crippen molar-refractivity contribution in [1.82, 2.24) is 5.43 Å². The molecule has 0 aliphatic heterocycles. The lowest BCUT2D eigenvalue weighted by Crippen LogP contribution is -2.31. The Balaban J connectivity index is 1.77. The van der Waals surface area contributed by atoms with Crippen LogP contribution in [0.2, 0.25) is 0 Å². The van der Waals surface area contributed by atoms with Gasteiger partial charge in [-0.05, 0) is 57.2 Å². The summed E-state index contributed by atoms with van der Waals surface area (Å²) in [5.41, 5.74) is 12.6. The number of ether oxygens (including phenoxy) is 1. The first-order valence-corrected chi connectivity index (χ1v) is 7.83. The molecule has 1 atom stereocenters. The third kappa shape index (κ3) is 5.89. The van der Waals surface area contributed by atoms with E-state index in [4.69, 9.17) is 10.5 Å². The van der Waals surface area contributed by atoms with E-state index in [9.17, 15) is 4.39 Å². The molecule has 1 aliphatic carbocycles. The number of hydrogen-bond donors (Lipinski definition) is 3. The van der Waals surface area contributed by atoms with Crippen molar-refractivity contribution in [2.45, 2.75) is 45.1 Å². The Bertz CT molecular complexity index is 438. The Morgan fingerprint density at radius 3 is 2.90 bits per heavy atom. The second-order valence-electron chi connectivity index (χ2n) is 5.85. The fourth-order valence-corrected chi connectivity index (χ4v) is 2.06. The van der Waals surface area contributed by atoms with E-state index in [1.807, 2.05) is 0 Å². The normalized spacial score (nSPS) is 15.8. The second kappa shape index (κ2) is 8.20. The highest BCUT2D eigenvalue weighted by molar-refractivity contribution is 5.48. The van der Waals surface area contributed by atoms with E-state index in [1.54, 1.807) is 12.1 Å². The van der Waals surface area contributed by atoms with Crippen LogP contribution in [0.25, 0.3) is 0 Å². The van der Waals surface area contributed by atoms with Gasteiger partial charge in [0.1, 0.15) is 0 Å². The van der Waals surface area contributed by atoms with Crippen LogP contribution in [0, 0.1) is 11.7 Å². The number of nitrogens with one attached hydrogen (secondary N) is 2. The van der Waals surface area contributed by atoms with Crippen molar-refractivity contribution in [1.29, 1.82) is 0 Å². The molecule has 1 aromatic carbocycles. The van der Waals surface area contributed by atoms with Crippen molar-refractivity contribution < 1.29 is 9.13 Å². The van der Waals surface area contributed by atoms with E-state index in [1.165, 1.54) is 18.9 Å². The van der Waals surface area contributed by atoms with Gasteiger partial charge >= 0.3 is 0 Å². The molecule has 0 heterocycles. The summed E-state index contributed by atoms with van der Waals surface area (Å²) in [6.07, 6.45) is 5.59. The SMILES string of the molecule is CC(CCCCN)NNc1ccc(F)c(OCC2CC2)c1. The monoisotopic (exact) mass is 295 g/mol. The molecule has 0 spiro atoms. The zero-order chi connectivity index (χ0) is 15.1. The fraction of sp³-hybridized carbons (Fsp3) is 0.625. The topological polar surface area (TPSA) is 59.3 Å². The van der Waals surface area contributed by atoms with Crippen LogP contribution in [0.15, 0.2) is 18.2 Å². The summed E-state index contributed by atoms with van der Waals surface area (Å²) in [6, 6.07) is 5.18. The van der Waals surface area contributed by atoms with Gasteiger partial charge in [-0.15, -0.1) is 0 Å². The molecule has 5 heteroatoms. The molecule has 2 rings (SSSR count). The predicted octanol–water partition coefficient (Wildman–Crippen LogP) is 3.05. The van der Waals surface area contributed by atoms with E-state index < -0.39 is 0 Å². The molecule has 21 heavy (non-hydrogen) atoms. The standard InChI is InChI=1S/C16H26FN3O/c1-12(4-2-3-9-18)19-20-14-7-8-15(17)16(10-14)21-11-13-5-6-13/h7-8,10,12-13,19-20H,2-6,9,11,18H2,1H3. The van der Waals surface area contributed by atoms with Gasteiger partial charge in [0.2, 0.25) is 0 Å². The molecule has 0 amide bonds.